The van der Waals surface area contributed by atoms with Gasteiger partial charge in [-0.15, -0.1) is 0 Å². The topological polar surface area (TPSA) is 46.2 Å². The molecule has 0 radical (unpaired) electrons. The second-order valence-corrected chi connectivity index (χ2v) is 3.22. The van der Waals surface area contributed by atoms with E-state index in [0.717, 1.165) is 13.0 Å². The van der Waals surface area contributed by atoms with Gasteiger partial charge in [-0.25, -0.2) is 13.2 Å². The first-order chi connectivity index (χ1) is 6.37. The van der Waals surface area contributed by atoms with E-state index in [1.165, 1.54) is 12.1 Å². The third kappa shape index (κ3) is 1.68. The van der Waals surface area contributed by atoms with Crippen molar-refractivity contribution in [1.29, 1.82) is 0 Å². The van der Waals surface area contributed by atoms with Gasteiger partial charge in [0, 0.05) is 5.56 Å². The second kappa shape index (κ2) is 3.49. The molecule has 14 heavy (non-hydrogen) atoms. The molecule has 1 aromatic carbocycles. The summed E-state index contributed by atoms with van der Waals surface area (Å²) < 4.78 is 37.7. The predicted octanol–water partition coefficient (Wildman–Crippen LogP) is 1.97. The average molecular weight is 205 g/mol. The Morgan fingerprint density at radius 1 is 1.43 bits per heavy atom. The van der Waals surface area contributed by atoms with Crippen molar-refractivity contribution in [3.63, 3.8) is 0 Å². The molecule has 0 aliphatic carbocycles. The van der Waals surface area contributed by atoms with Gasteiger partial charge in [0.25, 0.3) is 6.43 Å². The highest BCUT2D eigenvalue weighted by Crippen LogP contribution is 2.33. The van der Waals surface area contributed by atoms with Gasteiger partial charge in [0.05, 0.1) is 0 Å². The van der Waals surface area contributed by atoms with Gasteiger partial charge in [0.1, 0.15) is 5.54 Å². The van der Waals surface area contributed by atoms with Crippen LogP contribution in [0, 0.1) is 5.82 Å². The maximum Gasteiger partial charge on any atom is 0.260 e. The van der Waals surface area contributed by atoms with Crippen LogP contribution in [0.4, 0.5) is 13.2 Å². The van der Waals surface area contributed by atoms with Gasteiger partial charge in [-0.05, 0) is 13.0 Å². The first-order valence-electron chi connectivity index (χ1n) is 3.92. The molecule has 0 aromatic heterocycles. The standard InChI is InChI=1S/C9H10F3NO/c1-9(13,8(11)12)5-3-2-4-6(10)7(5)14/h2-4,8,14H,13H2,1H3. The van der Waals surface area contributed by atoms with Gasteiger partial charge in [0.2, 0.25) is 0 Å². The average Bonchev–Trinajstić information content (AvgIpc) is 2.09. The van der Waals surface area contributed by atoms with Crippen LogP contribution < -0.4 is 5.73 Å². The molecule has 0 heterocycles. The van der Waals surface area contributed by atoms with Crippen molar-refractivity contribution in [3.8, 4) is 5.75 Å². The molecule has 0 amide bonds. The van der Waals surface area contributed by atoms with Crippen LogP contribution >= 0.6 is 0 Å². The monoisotopic (exact) mass is 205 g/mol. The maximum absolute atomic E-state index is 12.8. The van der Waals surface area contributed by atoms with Gasteiger partial charge in [0.15, 0.2) is 11.6 Å². The first-order valence-corrected chi connectivity index (χ1v) is 3.92. The summed E-state index contributed by atoms with van der Waals surface area (Å²) in [4.78, 5) is 0. The van der Waals surface area contributed by atoms with Crippen LogP contribution in [0.15, 0.2) is 18.2 Å². The number of alkyl halides is 2. The fourth-order valence-corrected chi connectivity index (χ4v) is 1.07. The normalized spacial score (nSPS) is 15.6. The van der Waals surface area contributed by atoms with Crippen molar-refractivity contribution in [1.82, 2.24) is 0 Å². The van der Waals surface area contributed by atoms with Crippen molar-refractivity contribution in [3.05, 3.63) is 29.6 Å². The van der Waals surface area contributed by atoms with Crippen LogP contribution in [0.25, 0.3) is 0 Å². The lowest BCUT2D eigenvalue weighted by Gasteiger charge is -2.24. The van der Waals surface area contributed by atoms with E-state index in [2.05, 4.69) is 0 Å². The van der Waals surface area contributed by atoms with Crippen LogP contribution in [0.1, 0.15) is 12.5 Å². The van der Waals surface area contributed by atoms with Crippen molar-refractivity contribution < 1.29 is 18.3 Å². The summed E-state index contributed by atoms with van der Waals surface area (Å²) in [5, 5.41) is 9.19. The van der Waals surface area contributed by atoms with E-state index >= 15 is 0 Å². The summed E-state index contributed by atoms with van der Waals surface area (Å²) in [5.74, 6) is -1.78. The Morgan fingerprint density at radius 3 is 2.50 bits per heavy atom. The Labute approximate surface area is 79.2 Å². The molecule has 1 rings (SSSR count). The van der Waals surface area contributed by atoms with Crippen molar-refractivity contribution in [2.24, 2.45) is 5.73 Å². The second-order valence-electron chi connectivity index (χ2n) is 3.22. The Morgan fingerprint density at radius 2 is 2.00 bits per heavy atom. The Bertz CT molecular complexity index is 339. The van der Waals surface area contributed by atoms with Gasteiger partial charge >= 0.3 is 0 Å². The third-order valence-corrected chi connectivity index (χ3v) is 2.02. The van der Waals surface area contributed by atoms with Crippen molar-refractivity contribution >= 4 is 0 Å². The van der Waals surface area contributed by atoms with Gasteiger partial charge in [-0.3, -0.25) is 0 Å². The van der Waals surface area contributed by atoms with Gasteiger partial charge in [-0.2, -0.15) is 0 Å². The highest BCUT2D eigenvalue weighted by molar-refractivity contribution is 5.39. The highest BCUT2D eigenvalue weighted by Gasteiger charge is 2.35. The summed E-state index contributed by atoms with van der Waals surface area (Å²) in [5.41, 5.74) is 2.93. The maximum atomic E-state index is 12.8. The van der Waals surface area contributed by atoms with Crippen LogP contribution in [0.3, 0.4) is 0 Å². The zero-order valence-corrected chi connectivity index (χ0v) is 7.47. The fraction of sp³-hybridized carbons (Fsp3) is 0.333. The summed E-state index contributed by atoms with van der Waals surface area (Å²) in [7, 11) is 0. The number of nitrogens with two attached hydrogens (primary N) is 1. The molecule has 0 spiro atoms. The van der Waals surface area contributed by atoms with Gasteiger partial charge < -0.3 is 10.8 Å². The Hall–Kier alpha value is -1.23. The molecular formula is C9H10F3NO. The molecule has 78 valence electrons. The SMILES string of the molecule is CC(N)(c1cccc(F)c1O)C(F)F. The van der Waals surface area contributed by atoms with Crippen LogP contribution in [0.5, 0.6) is 5.75 Å². The lowest BCUT2D eigenvalue weighted by Crippen LogP contribution is -2.40. The molecule has 1 atom stereocenters. The molecular weight excluding hydrogens is 195 g/mol. The number of phenols is 1. The fourth-order valence-electron chi connectivity index (χ4n) is 1.07. The molecule has 3 N–H and O–H groups in total. The molecule has 0 aliphatic rings. The number of hydrogen-bond acceptors (Lipinski definition) is 2. The molecule has 0 bridgehead atoms. The summed E-state index contributed by atoms with van der Waals surface area (Å²) in [6, 6.07) is 3.36. The van der Waals surface area contributed by atoms with Crippen LogP contribution in [-0.2, 0) is 5.54 Å². The van der Waals surface area contributed by atoms with Crippen molar-refractivity contribution in [2.45, 2.75) is 18.9 Å². The zero-order valence-electron chi connectivity index (χ0n) is 7.47. The summed E-state index contributed by atoms with van der Waals surface area (Å²) >= 11 is 0. The van der Waals surface area contributed by atoms with Crippen LogP contribution in [-0.4, -0.2) is 11.5 Å². The van der Waals surface area contributed by atoms with Crippen molar-refractivity contribution in [2.75, 3.05) is 0 Å². The summed E-state index contributed by atoms with van der Waals surface area (Å²) in [6.07, 6.45) is -2.88. The van der Waals surface area contributed by atoms with E-state index < -0.39 is 23.5 Å². The Balaban J connectivity index is 3.26. The van der Waals surface area contributed by atoms with Crippen LogP contribution in [0.2, 0.25) is 0 Å². The molecule has 0 saturated carbocycles. The zero-order chi connectivity index (χ0) is 10.9. The first kappa shape index (κ1) is 10.8. The minimum atomic E-state index is -2.88. The molecule has 5 heteroatoms. The third-order valence-electron chi connectivity index (χ3n) is 2.02. The molecule has 1 aromatic rings. The quantitative estimate of drug-likeness (QED) is 0.775. The minimum Gasteiger partial charge on any atom is -0.505 e. The largest absolute Gasteiger partial charge is 0.505 e. The number of hydrogen-bond donors (Lipinski definition) is 2. The molecule has 0 aliphatic heterocycles. The Kier molecular flexibility index (Phi) is 2.71. The number of rotatable bonds is 2. The lowest BCUT2D eigenvalue weighted by atomic mass is 9.93. The minimum absolute atomic E-state index is 0.299. The summed E-state index contributed by atoms with van der Waals surface area (Å²) in [6.45, 7) is 1.03. The number of phenolic OH excluding ortho intramolecular Hbond substituents is 1. The van der Waals surface area contributed by atoms with E-state index in [1.807, 2.05) is 0 Å². The van der Waals surface area contributed by atoms with E-state index in [0.29, 0.717) is 0 Å². The highest BCUT2D eigenvalue weighted by atomic mass is 19.3. The number of aromatic hydroxyl groups is 1. The number of benzene rings is 1. The van der Waals surface area contributed by atoms with E-state index in [9.17, 15) is 18.3 Å². The van der Waals surface area contributed by atoms with E-state index in [-0.39, 0.29) is 5.56 Å². The molecule has 2 nitrogen and oxygen atoms in total. The smallest absolute Gasteiger partial charge is 0.260 e. The number of para-hydroxylation sites is 1. The predicted molar refractivity (Wildman–Crippen MR) is 45.6 cm³/mol. The van der Waals surface area contributed by atoms with E-state index in [1.54, 1.807) is 0 Å². The molecule has 0 saturated heterocycles. The van der Waals surface area contributed by atoms with E-state index in [4.69, 9.17) is 5.73 Å². The number of halogens is 3. The molecule has 1 unspecified atom stereocenters. The van der Waals surface area contributed by atoms with Gasteiger partial charge in [-0.1, -0.05) is 12.1 Å². The molecule has 0 fully saturated rings. The lowest BCUT2D eigenvalue weighted by molar-refractivity contribution is 0.0608.